The second-order valence-electron chi connectivity index (χ2n) is 3.11. The molecule has 0 atom stereocenters. The topological polar surface area (TPSA) is 52.5 Å². The molecule has 0 aliphatic carbocycles. The van der Waals surface area contributed by atoms with E-state index in [4.69, 9.17) is 10.0 Å². The van der Waals surface area contributed by atoms with Crippen molar-refractivity contribution in [1.82, 2.24) is 5.32 Å². The van der Waals surface area contributed by atoms with Gasteiger partial charge in [-0.15, -0.1) is 0 Å². The Bertz CT molecular complexity index is 289. The number of aryl methyl sites for hydroxylation is 1. The molecule has 1 rings (SSSR count). The second-order valence-corrected chi connectivity index (χ2v) is 3.11. The number of hydrogen-bond acceptors (Lipinski definition) is 3. The lowest BCUT2D eigenvalue weighted by molar-refractivity contribution is 0.425. The summed E-state index contributed by atoms with van der Waals surface area (Å²) in [4.78, 5) is 0. The van der Waals surface area contributed by atoms with Crippen LogP contribution in [-0.2, 0) is 6.54 Å². The standard InChI is InChI=1S/C9H14BNO2/c1-7-3-4-8(6-11-2)9(5-7)10(12)13/h3-5,11-13H,6H2,1-2H3. The zero-order valence-corrected chi connectivity index (χ0v) is 7.91. The molecule has 0 spiro atoms. The van der Waals surface area contributed by atoms with Gasteiger partial charge in [0.1, 0.15) is 0 Å². The molecule has 0 saturated heterocycles. The first-order valence-corrected chi connectivity index (χ1v) is 4.25. The first-order chi connectivity index (χ1) is 6.15. The van der Waals surface area contributed by atoms with Gasteiger partial charge in [0.2, 0.25) is 0 Å². The molecule has 0 amide bonds. The lowest BCUT2D eigenvalue weighted by Gasteiger charge is -2.08. The summed E-state index contributed by atoms with van der Waals surface area (Å²) in [6.07, 6.45) is 0. The van der Waals surface area contributed by atoms with Crippen LogP contribution < -0.4 is 10.8 Å². The zero-order chi connectivity index (χ0) is 9.84. The van der Waals surface area contributed by atoms with Crippen molar-refractivity contribution in [3.8, 4) is 0 Å². The molecule has 0 aliphatic heterocycles. The maximum Gasteiger partial charge on any atom is 0.488 e. The van der Waals surface area contributed by atoms with Crippen LogP contribution in [-0.4, -0.2) is 24.2 Å². The molecule has 0 bridgehead atoms. The van der Waals surface area contributed by atoms with Crippen LogP contribution in [0.4, 0.5) is 0 Å². The van der Waals surface area contributed by atoms with Gasteiger partial charge in [0.05, 0.1) is 0 Å². The maximum absolute atomic E-state index is 9.08. The van der Waals surface area contributed by atoms with Crippen molar-refractivity contribution >= 4 is 12.6 Å². The van der Waals surface area contributed by atoms with E-state index in [0.29, 0.717) is 12.0 Å². The molecule has 1 aromatic carbocycles. The second kappa shape index (κ2) is 4.41. The molecule has 3 N–H and O–H groups in total. The highest BCUT2D eigenvalue weighted by atomic mass is 16.4. The number of rotatable bonds is 3. The van der Waals surface area contributed by atoms with Gasteiger partial charge in [-0.05, 0) is 25.0 Å². The van der Waals surface area contributed by atoms with Gasteiger partial charge in [-0.2, -0.15) is 0 Å². The predicted molar refractivity (Wildman–Crippen MR) is 53.8 cm³/mol. The van der Waals surface area contributed by atoms with E-state index in [9.17, 15) is 0 Å². The fourth-order valence-electron chi connectivity index (χ4n) is 1.31. The molecular formula is C9H14BNO2. The van der Waals surface area contributed by atoms with E-state index in [1.807, 2.05) is 26.1 Å². The third-order valence-electron chi connectivity index (χ3n) is 1.95. The molecular weight excluding hydrogens is 165 g/mol. The summed E-state index contributed by atoms with van der Waals surface area (Å²) < 4.78 is 0. The molecule has 70 valence electrons. The lowest BCUT2D eigenvalue weighted by atomic mass is 9.76. The summed E-state index contributed by atoms with van der Waals surface area (Å²) in [5.74, 6) is 0. The van der Waals surface area contributed by atoms with Crippen LogP contribution in [0, 0.1) is 6.92 Å². The van der Waals surface area contributed by atoms with Crippen LogP contribution in [0.1, 0.15) is 11.1 Å². The summed E-state index contributed by atoms with van der Waals surface area (Å²) in [7, 11) is 0.441. The molecule has 4 heteroatoms. The van der Waals surface area contributed by atoms with Crippen molar-refractivity contribution in [2.24, 2.45) is 0 Å². The number of benzene rings is 1. The smallest absolute Gasteiger partial charge is 0.423 e. The van der Waals surface area contributed by atoms with Crippen LogP contribution in [0.2, 0.25) is 0 Å². The van der Waals surface area contributed by atoms with Crippen LogP contribution in [0.25, 0.3) is 0 Å². The molecule has 0 fully saturated rings. The molecule has 0 radical (unpaired) electrons. The van der Waals surface area contributed by atoms with Crippen molar-refractivity contribution in [3.63, 3.8) is 0 Å². The highest BCUT2D eigenvalue weighted by Crippen LogP contribution is 2.01. The van der Waals surface area contributed by atoms with Gasteiger partial charge >= 0.3 is 7.12 Å². The van der Waals surface area contributed by atoms with Crippen LogP contribution in [0.5, 0.6) is 0 Å². The monoisotopic (exact) mass is 179 g/mol. The molecule has 0 aliphatic rings. The Morgan fingerprint density at radius 1 is 1.38 bits per heavy atom. The Morgan fingerprint density at radius 3 is 2.62 bits per heavy atom. The molecule has 1 aromatic rings. The Morgan fingerprint density at radius 2 is 2.08 bits per heavy atom. The van der Waals surface area contributed by atoms with Crippen molar-refractivity contribution in [3.05, 3.63) is 29.3 Å². The Kier molecular flexibility index (Phi) is 3.48. The largest absolute Gasteiger partial charge is 0.488 e. The molecule has 0 unspecified atom stereocenters. The average Bonchev–Trinajstić information content (AvgIpc) is 2.08. The van der Waals surface area contributed by atoms with E-state index >= 15 is 0 Å². The third kappa shape index (κ3) is 2.55. The van der Waals surface area contributed by atoms with E-state index in [1.54, 1.807) is 6.07 Å². The molecule has 0 saturated carbocycles. The van der Waals surface area contributed by atoms with Crippen molar-refractivity contribution < 1.29 is 10.0 Å². The molecule has 13 heavy (non-hydrogen) atoms. The van der Waals surface area contributed by atoms with Gasteiger partial charge in [-0.1, -0.05) is 23.8 Å². The normalized spacial score (nSPS) is 10.2. The molecule has 3 nitrogen and oxygen atoms in total. The Hall–Kier alpha value is -0.835. The summed E-state index contributed by atoms with van der Waals surface area (Å²) in [5.41, 5.74) is 2.53. The van der Waals surface area contributed by atoms with Crippen molar-refractivity contribution in [2.75, 3.05) is 7.05 Å². The van der Waals surface area contributed by atoms with Crippen molar-refractivity contribution in [2.45, 2.75) is 13.5 Å². The first-order valence-electron chi connectivity index (χ1n) is 4.25. The van der Waals surface area contributed by atoms with Crippen LogP contribution in [0.3, 0.4) is 0 Å². The van der Waals surface area contributed by atoms with Gasteiger partial charge in [0, 0.05) is 6.54 Å². The van der Waals surface area contributed by atoms with E-state index in [-0.39, 0.29) is 0 Å². The Balaban J connectivity index is 3.03. The van der Waals surface area contributed by atoms with E-state index in [1.165, 1.54) is 0 Å². The summed E-state index contributed by atoms with van der Waals surface area (Å²) in [6, 6.07) is 5.65. The fourth-order valence-corrected chi connectivity index (χ4v) is 1.31. The highest BCUT2D eigenvalue weighted by molar-refractivity contribution is 6.59. The van der Waals surface area contributed by atoms with Gasteiger partial charge in [0.15, 0.2) is 0 Å². The maximum atomic E-state index is 9.08. The Labute approximate surface area is 78.6 Å². The van der Waals surface area contributed by atoms with E-state index < -0.39 is 7.12 Å². The zero-order valence-electron chi connectivity index (χ0n) is 7.91. The minimum atomic E-state index is -1.39. The predicted octanol–water partition coefficient (Wildman–Crippen LogP) is -0.606. The number of hydrogen-bond donors (Lipinski definition) is 3. The summed E-state index contributed by atoms with van der Waals surface area (Å²) >= 11 is 0. The van der Waals surface area contributed by atoms with Crippen LogP contribution in [0.15, 0.2) is 18.2 Å². The lowest BCUT2D eigenvalue weighted by Crippen LogP contribution is -2.34. The first kappa shape index (κ1) is 10.2. The SMILES string of the molecule is CNCc1ccc(C)cc1B(O)O. The third-order valence-corrected chi connectivity index (χ3v) is 1.95. The number of nitrogens with one attached hydrogen (secondary N) is 1. The van der Waals surface area contributed by atoms with E-state index in [0.717, 1.165) is 11.1 Å². The molecule has 0 aromatic heterocycles. The summed E-state index contributed by atoms with van der Waals surface area (Å²) in [6.45, 7) is 2.57. The highest BCUT2D eigenvalue weighted by Gasteiger charge is 2.15. The minimum absolute atomic E-state index is 0.578. The molecule has 0 heterocycles. The average molecular weight is 179 g/mol. The van der Waals surface area contributed by atoms with Crippen molar-refractivity contribution in [1.29, 1.82) is 0 Å². The quantitative estimate of drug-likeness (QED) is 0.542. The summed E-state index contributed by atoms with van der Waals surface area (Å²) in [5, 5.41) is 21.1. The van der Waals surface area contributed by atoms with Gasteiger partial charge in [-0.25, -0.2) is 0 Å². The fraction of sp³-hybridized carbons (Fsp3) is 0.333. The van der Waals surface area contributed by atoms with Gasteiger partial charge in [0.25, 0.3) is 0 Å². The van der Waals surface area contributed by atoms with E-state index in [2.05, 4.69) is 5.32 Å². The van der Waals surface area contributed by atoms with Gasteiger partial charge < -0.3 is 15.4 Å². The van der Waals surface area contributed by atoms with Gasteiger partial charge in [-0.3, -0.25) is 0 Å². The van der Waals surface area contributed by atoms with Crippen LogP contribution >= 0.6 is 0 Å². The minimum Gasteiger partial charge on any atom is -0.423 e.